The van der Waals surface area contributed by atoms with Crippen LogP contribution in [0, 0.1) is 5.82 Å². The largest absolute Gasteiger partial charge is 0.489 e. The van der Waals surface area contributed by atoms with Crippen molar-refractivity contribution in [3.05, 3.63) is 30.1 Å². The maximum Gasteiger partial charge on any atom is 0.224 e. The van der Waals surface area contributed by atoms with Crippen molar-refractivity contribution in [3.63, 3.8) is 0 Å². The van der Waals surface area contributed by atoms with Gasteiger partial charge in [-0.15, -0.1) is 0 Å². The summed E-state index contributed by atoms with van der Waals surface area (Å²) in [6.45, 7) is 5.98. The second kappa shape index (κ2) is 10.7. The van der Waals surface area contributed by atoms with E-state index in [1.54, 1.807) is 19.2 Å². The zero-order valence-corrected chi connectivity index (χ0v) is 16.5. The van der Waals surface area contributed by atoms with Crippen LogP contribution in [-0.2, 0) is 4.79 Å². The molecule has 1 amide bonds. The van der Waals surface area contributed by atoms with E-state index in [1.165, 1.54) is 18.6 Å². The second-order valence-corrected chi connectivity index (χ2v) is 6.94. The minimum atomic E-state index is -0.286. The number of aliphatic imine (C=N–C) groups is 1. The van der Waals surface area contributed by atoms with Gasteiger partial charge in [0.05, 0.1) is 6.54 Å². The number of benzene rings is 1. The highest BCUT2D eigenvalue weighted by Crippen LogP contribution is 2.17. The molecule has 6 nitrogen and oxygen atoms in total. The minimum Gasteiger partial charge on any atom is -0.489 e. The van der Waals surface area contributed by atoms with Crippen LogP contribution >= 0.6 is 0 Å². The van der Waals surface area contributed by atoms with E-state index < -0.39 is 0 Å². The number of carbonyl (C=O) groups excluding carboxylic acids is 1. The third kappa shape index (κ3) is 7.07. The van der Waals surface area contributed by atoms with Gasteiger partial charge in [0.15, 0.2) is 5.96 Å². The zero-order valence-electron chi connectivity index (χ0n) is 16.5. The van der Waals surface area contributed by atoms with Crippen LogP contribution in [0.25, 0.3) is 0 Å². The van der Waals surface area contributed by atoms with Crippen molar-refractivity contribution in [3.8, 4) is 5.75 Å². The van der Waals surface area contributed by atoms with E-state index in [9.17, 15) is 9.18 Å². The van der Waals surface area contributed by atoms with Gasteiger partial charge in [-0.3, -0.25) is 9.79 Å². The molecule has 7 heteroatoms. The molecule has 0 bridgehead atoms. The fraction of sp³-hybridized carbons (Fsp3) is 0.600. The van der Waals surface area contributed by atoms with E-state index in [-0.39, 0.29) is 17.8 Å². The number of nitrogens with one attached hydrogen (secondary N) is 2. The average molecular weight is 378 g/mol. The van der Waals surface area contributed by atoms with E-state index in [1.807, 2.05) is 11.8 Å². The van der Waals surface area contributed by atoms with Crippen LogP contribution in [-0.4, -0.2) is 55.6 Å². The lowest BCUT2D eigenvalue weighted by Crippen LogP contribution is -2.45. The second-order valence-electron chi connectivity index (χ2n) is 6.94. The average Bonchev–Trinajstić information content (AvgIpc) is 2.66. The molecule has 0 spiro atoms. The number of guanidine groups is 1. The molecule has 150 valence electrons. The third-order valence-electron chi connectivity index (χ3n) is 4.69. The van der Waals surface area contributed by atoms with E-state index in [0.29, 0.717) is 37.3 Å². The Balaban J connectivity index is 1.67. The first-order valence-corrected chi connectivity index (χ1v) is 9.66. The standard InChI is InChI=1S/C20H31FN4O2/c1-15-6-4-5-13-25(15)19(26)11-12-23-20(22-3)24-14-16(2)27-18-9-7-17(21)8-10-18/h7-10,15-16H,4-6,11-14H2,1-3H3,(H2,22,23,24). The van der Waals surface area contributed by atoms with Crippen LogP contribution in [0.15, 0.2) is 29.3 Å². The number of hydrogen-bond donors (Lipinski definition) is 2. The van der Waals surface area contributed by atoms with Gasteiger partial charge in [-0.05, 0) is 57.4 Å². The zero-order chi connectivity index (χ0) is 19.6. The van der Waals surface area contributed by atoms with Crippen LogP contribution in [0.3, 0.4) is 0 Å². The maximum absolute atomic E-state index is 12.9. The van der Waals surface area contributed by atoms with E-state index in [4.69, 9.17) is 4.74 Å². The lowest BCUT2D eigenvalue weighted by atomic mass is 10.0. The summed E-state index contributed by atoms with van der Waals surface area (Å²) >= 11 is 0. The number of carbonyl (C=O) groups is 1. The first-order valence-electron chi connectivity index (χ1n) is 9.66. The summed E-state index contributed by atoms with van der Waals surface area (Å²) in [6, 6.07) is 6.29. The number of likely N-dealkylation sites (tertiary alicyclic amines) is 1. The number of ether oxygens (including phenoxy) is 1. The van der Waals surface area contributed by atoms with Gasteiger partial charge < -0.3 is 20.3 Å². The maximum atomic E-state index is 12.9. The molecule has 0 aliphatic carbocycles. The molecule has 1 fully saturated rings. The molecular weight excluding hydrogens is 347 g/mol. The molecule has 27 heavy (non-hydrogen) atoms. The number of nitrogens with zero attached hydrogens (tertiary/aromatic N) is 2. The highest BCUT2D eigenvalue weighted by atomic mass is 19.1. The Hall–Kier alpha value is -2.31. The normalized spacial score (nSPS) is 18.7. The van der Waals surface area contributed by atoms with Crippen LogP contribution in [0.1, 0.15) is 39.5 Å². The Morgan fingerprint density at radius 1 is 1.33 bits per heavy atom. The SMILES string of the molecule is CN=C(NCCC(=O)N1CCCCC1C)NCC(C)Oc1ccc(F)cc1. The van der Waals surface area contributed by atoms with E-state index >= 15 is 0 Å². The molecule has 2 atom stereocenters. The Labute approximate surface area is 161 Å². The molecular formula is C20H31FN4O2. The topological polar surface area (TPSA) is 66.0 Å². The molecule has 0 saturated carbocycles. The van der Waals surface area contributed by atoms with E-state index in [2.05, 4.69) is 22.5 Å². The number of hydrogen-bond acceptors (Lipinski definition) is 3. The van der Waals surface area contributed by atoms with Crippen molar-refractivity contribution < 1.29 is 13.9 Å². The first-order chi connectivity index (χ1) is 13.0. The van der Waals surface area contributed by atoms with Gasteiger partial charge in [0.1, 0.15) is 17.7 Å². The Morgan fingerprint density at radius 2 is 2.07 bits per heavy atom. The summed E-state index contributed by atoms with van der Waals surface area (Å²) in [7, 11) is 1.69. The monoisotopic (exact) mass is 378 g/mol. The Kier molecular flexibility index (Phi) is 8.36. The van der Waals surface area contributed by atoms with Gasteiger partial charge in [-0.2, -0.15) is 0 Å². The quantitative estimate of drug-likeness (QED) is 0.565. The van der Waals surface area contributed by atoms with Crippen molar-refractivity contribution in [2.45, 2.75) is 51.7 Å². The molecule has 2 rings (SSSR count). The van der Waals surface area contributed by atoms with Gasteiger partial charge >= 0.3 is 0 Å². The van der Waals surface area contributed by atoms with Gasteiger partial charge in [-0.1, -0.05) is 0 Å². The molecule has 0 aromatic heterocycles. The van der Waals surface area contributed by atoms with Crippen molar-refractivity contribution in [1.82, 2.24) is 15.5 Å². The molecule has 2 unspecified atom stereocenters. The van der Waals surface area contributed by atoms with Crippen molar-refractivity contribution in [2.75, 3.05) is 26.7 Å². The third-order valence-corrected chi connectivity index (χ3v) is 4.69. The van der Waals surface area contributed by atoms with Gasteiger partial charge in [0, 0.05) is 32.6 Å². The molecule has 1 aliphatic heterocycles. The summed E-state index contributed by atoms with van der Waals surface area (Å²) in [5, 5.41) is 6.34. The van der Waals surface area contributed by atoms with Crippen LogP contribution in [0.5, 0.6) is 5.75 Å². The molecule has 0 radical (unpaired) electrons. The lowest BCUT2D eigenvalue weighted by Gasteiger charge is -2.33. The fourth-order valence-corrected chi connectivity index (χ4v) is 3.15. The molecule has 1 saturated heterocycles. The Bertz CT molecular complexity index is 621. The van der Waals surface area contributed by atoms with Gasteiger partial charge in [0.2, 0.25) is 5.91 Å². The van der Waals surface area contributed by atoms with Crippen molar-refractivity contribution in [2.24, 2.45) is 4.99 Å². The molecule has 2 N–H and O–H groups in total. The molecule has 1 aliphatic rings. The van der Waals surface area contributed by atoms with Crippen LogP contribution < -0.4 is 15.4 Å². The smallest absolute Gasteiger partial charge is 0.224 e. The first kappa shape index (κ1) is 21.0. The van der Waals surface area contributed by atoms with Gasteiger partial charge in [-0.25, -0.2) is 4.39 Å². The highest BCUT2D eigenvalue weighted by Gasteiger charge is 2.22. The predicted octanol–water partition coefficient (Wildman–Crippen LogP) is 2.55. The summed E-state index contributed by atoms with van der Waals surface area (Å²) in [4.78, 5) is 18.5. The Morgan fingerprint density at radius 3 is 2.74 bits per heavy atom. The summed E-state index contributed by atoms with van der Waals surface area (Å²) in [5.41, 5.74) is 0. The minimum absolute atomic E-state index is 0.121. The number of rotatable bonds is 7. The predicted molar refractivity (Wildman–Crippen MR) is 105 cm³/mol. The summed E-state index contributed by atoms with van der Waals surface area (Å²) < 4.78 is 18.6. The van der Waals surface area contributed by atoms with Gasteiger partial charge in [0.25, 0.3) is 0 Å². The summed E-state index contributed by atoms with van der Waals surface area (Å²) in [5.74, 6) is 1.16. The summed E-state index contributed by atoms with van der Waals surface area (Å²) in [6.07, 6.45) is 3.72. The van der Waals surface area contributed by atoms with E-state index in [0.717, 1.165) is 19.4 Å². The number of piperidine rings is 1. The molecule has 1 aromatic carbocycles. The van der Waals surface area contributed by atoms with Crippen molar-refractivity contribution >= 4 is 11.9 Å². The molecule has 1 heterocycles. The highest BCUT2D eigenvalue weighted by molar-refractivity contribution is 5.81. The lowest BCUT2D eigenvalue weighted by molar-refractivity contribution is -0.134. The van der Waals surface area contributed by atoms with Crippen molar-refractivity contribution in [1.29, 1.82) is 0 Å². The van der Waals surface area contributed by atoms with Crippen LogP contribution in [0.4, 0.5) is 4.39 Å². The number of amides is 1. The molecule has 1 aromatic rings. The fourth-order valence-electron chi connectivity index (χ4n) is 3.15. The number of halogens is 1. The van der Waals surface area contributed by atoms with Crippen LogP contribution in [0.2, 0.25) is 0 Å².